The minimum Gasteiger partial charge on any atom is -0.326 e. The van der Waals surface area contributed by atoms with Crippen LogP contribution < -0.4 is 5.73 Å². The molecule has 118 valence electrons. The SMILES string of the molecule is CCN1CCN(S(=O)(=O)c2cc(C)c(F)c(CN)c2)CC1. The maximum Gasteiger partial charge on any atom is 0.243 e. The van der Waals surface area contributed by atoms with E-state index in [0.29, 0.717) is 18.7 Å². The first kappa shape index (κ1) is 16.4. The smallest absolute Gasteiger partial charge is 0.243 e. The van der Waals surface area contributed by atoms with E-state index in [-0.39, 0.29) is 17.0 Å². The van der Waals surface area contributed by atoms with E-state index in [9.17, 15) is 12.8 Å². The summed E-state index contributed by atoms with van der Waals surface area (Å²) in [6, 6.07) is 2.74. The molecule has 0 bridgehead atoms. The van der Waals surface area contributed by atoms with E-state index in [1.807, 2.05) is 0 Å². The lowest BCUT2D eigenvalue weighted by Gasteiger charge is -2.33. The summed E-state index contributed by atoms with van der Waals surface area (Å²) in [5.74, 6) is -0.424. The summed E-state index contributed by atoms with van der Waals surface area (Å²) in [7, 11) is -3.58. The Labute approximate surface area is 125 Å². The third kappa shape index (κ3) is 3.26. The van der Waals surface area contributed by atoms with Crippen LogP contribution in [0.15, 0.2) is 17.0 Å². The van der Waals surface area contributed by atoms with Crippen molar-refractivity contribution in [1.82, 2.24) is 9.21 Å². The Hall–Kier alpha value is -1.02. The summed E-state index contributed by atoms with van der Waals surface area (Å²) in [5, 5.41) is 0. The van der Waals surface area contributed by atoms with Crippen LogP contribution in [0.3, 0.4) is 0 Å². The molecule has 21 heavy (non-hydrogen) atoms. The van der Waals surface area contributed by atoms with Crippen molar-refractivity contribution in [3.8, 4) is 0 Å². The summed E-state index contributed by atoms with van der Waals surface area (Å²) in [4.78, 5) is 2.33. The van der Waals surface area contributed by atoms with Crippen molar-refractivity contribution in [1.29, 1.82) is 0 Å². The number of sulfonamides is 1. The molecule has 0 radical (unpaired) electrons. The zero-order valence-corrected chi connectivity index (χ0v) is 13.3. The highest BCUT2D eigenvalue weighted by molar-refractivity contribution is 7.89. The Kier molecular flexibility index (Phi) is 4.98. The van der Waals surface area contributed by atoms with E-state index >= 15 is 0 Å². The van der Waals surface area contributed by atoms with Gasteiger partial charge in [-0.1, -0.05) is 6.92 Å². The number of nitrogens with two attached hydrogens (primary N) is 1. The quantitative estimate of drug-likeness (QED) is 0.897. The van der Waals surface area contributed by atoms with E-state index in [1.165, 1.54) is 16.4 Å². The molecule has 2 N–H and O–H groups in total. The van der Waals surface area contributed by atoms with Gasteiger partial charge < -0.3 is 10.6 Å². The van der Waals surface area contributed by atoms with Gasteiger partial charge in [-0.25, -0.2) is 12.8 Å². The Bertz CT molecular complexity index is 611. The van der Waals surface area contributed by atoms with Gasteiger partial charge in [0.2, 0.25) is 10.0 Å². The third-order valence-corrected chi connectivity index (χ3v) is 5.82. The minimum absolute atomic E-state index is 0.0142. The van der Waals surface area contributed by atoms with Crippen molar-refractivity contribution in [2.24, 2.45) is 5.73 Å². The molecule has 5 nitrogen and oxygen atoms in total. The van der Waals surface area contributed by atoms with Gasteiger partial charge in [-0.2, -0.15) is 4.31 Å². The first-order valence-corrected chi connectivity index (χ1v) is 8.55. The molecule has 1 aromatic carbocycles. The molecule has 0 aliphatic carbocycles. The molecule has 0 spiro atoms. The molecule has 0 amide bonds. The van der Waals surface area contributed by atoms with E-state index < -0.39 is 15.8 Å². The van der Waals surface area contributed by atoms with Crippen LogP contribution in [0.25, 0.3) is 0 Å². The first-order chi connectivity index (χ1) is 9.90. The molecular weight excluding hydrogens is 293 g/mol. The number of rotatable bonds is 4. The minimum atomic E-state index is -3.58. The van der Waals surface area contributed by atoms with Crippen molar-refractivity contribution in [3.05, 3.63) is 29.1 Å². The molecule has 2 rings (SSSR count). The second-order valence-corrected chi connectivity index (χ2v) is 7.19. The van der Waals surface area contributed by atoms with Gasteiger partial charge in [-0.15, -0.1) is 0 Å². The van der Waals surface area contributed by atoms with Crippen LogP contribution in [0.5, 0.6) is 0 Å². The highest BCUT2D eigenvalue weighted by Crippen LogP contribution is 2.23. The fraction of sp³-hybridized carbons (Fsp3) is 0.571. The monoisotopic (exact) mass is 315 g/mol. The van der Waals surface area contributed by atoms with Crippen molar-refractivity contribution in [2.75, 3.05) is 32.7 Å². The Morgan fingerprint density at radius 3 is 2.38 bits per heavy atom. The average molecular weight is 315 g/mol. The van der Waals surface area contributed by atoms with Crippen LogP contribution in [0.1, 0.15) is 18.1 Å². The Balaban J connectivity index is 2.30. The zero-order valence-electron chi connectivity index (χ0n) is 12.5. The second kappa shape index (κ2) is 6.39. The van der Waals surface area contributed by atoms with Crippen molar-refractivity contribution in [3.63, 3.8) is 0 Å². The molecule has 7 heteroatoms. The van der Waals surface area contributed by atoms with Crippen molar-refractivity contribution in [2.45, 2.75) is 25.3 Å². The van der Waals surface area contributed by atoms with Crippen LogP contribution in [0.2, 0.25) is 0 Å². The number of benzene rings is 1. The number of likely N-dealkylation sites (N-methyl/N-ethyl adjacent to an activating group) is 1. The van der Waals surface area contributed by atoms with E-state index in [0.717, 1.165) is 19.6 Å². The summed E-state index contributed by atoms with van der Waals surface area (Å²) in [6.45, 7) is 6.89. The number of aryl methyl sites for hydroxylation is 1. The molecule has 1 aromatic rings. The summed E-state index contributed by atoms with van der Waals surface area (Å²) >= 11 is 0. The van der Waals surface area contributed by atoms with E-state index in [4.69, 9.17) is 5.73 Å². The number of nitrogens with zero attached hydrogens (tertiary/aromatic N) is 2. The van der Waals surface area contributed by atoms with E-state index in [1.54, 1.807) is 6.92 Å². The molecule has 1 aliphatic heterocycles. The number of piperazine rings is 1. The molecule has 0 unspecified atom stereocenters. The van der Waals surface area contributed by atoms with Crippen LogP contribution >= 0.6 is 0 Å². The highest BCUT2D eigenvalue weighted by atomic mass is 32.2. The van der Waals surface area contributed by atoms with Gasteiger partial charge in [0.15, 0.2) is 0 Å². The summed E-state index contributed by atoms with van der Waals surface area (Å²) in [5.41, 5.74) is 6.04. The molecule has 1 fully saturated rings. The summed E-state index contributed by atoms with van der Waals surface area (Å²) < 4.78 is 40.6. The summed E-state index contributed by atoms with van der Waals surface area (Å²) in [6.07, 6.45) is 0. The third-order valence-electron chi connectivity index (χ3n) is 3.94. The van der Waals surface area contributed by atoms with Crippen LogP contribution in [0, 0.1) is 12.7 Å². The number of hydrogen-bond acceptors (Lipinski definition) is 4. The molecule has 0 aromatic heterocycles. The standard InChI is InChI=1S/C14H22FN3O2S/c1-3-17-4-6-18(7-5-17)21(19,20)13-8-11(2)14(15)12(9-13)10-16/h8-9H,3-7,10,16H2,1-2H3. The largest absolute Gasteiger partial charge is 0.326 e. The first-order valence-electron chi connectivity index (χ1n) is 7.11. The number of hydrogen-bond donors (Lipinski definition) is 1. The van der Waals surface area contributed by atoms with Gasteiger partial charge in [0.25, 0.3) is 0 Å². The lowest BCUT2D eigenvalue weighted by Crippen LogP contribution is -2.48. The normalized spacial score (nSPS) is 18.1. The van der Waals surface area contributed by atoms with Crippen LogP contribution in [-0.2, 0) is 16.6 Å². The number of halogens is 1. The van der Waals surface area contributed by atoms with Gasteiger partial charge in [-0.05, 0) is 31.2 Å². The average Bonchev–Trinajstić information content (AvgIpc) is 2.49. The van der Waals surface area contributed by atoms with Gasteiger partial charge in [0.1, 0.15) is 5.82 Å². The molecule has 1 aliphatic rings. The molecule has 0 atom stereocenters. The fourth-order valence-electron chi connectivity index (χ4n) is 2.54. The van der Waals surface area contributed by atoms with Crippen molar-refractivity contribution < 1.29 is 12.8 Å². The molecule has 0 saturated carbocycles. The highest BCUT2D eigenvalue weighted by Gasteiger charge is 2.29. The van der Waals surface area contributed by atoms with Gasteiger partial charge in [-0.3, -0.25) is 0 Å². The lowest BCUT2D eigenvalue weighted by molar-refractivity contribution is 0.196. The van der Waals surface area contributed by atoms with Gasteiger partial charge in [0, 0.05) is 38.3 Å². The van der Waals surface area contributed by atoms with Crippen LogP contribution in [0.4, 0.5) is 4.39 Å². The predicted molar refractivity (Wildman–Crippen MR) is 79.9 cm³/mol. The topological polar surface area (TPSA) is 66.6 Å². The lowest BCUT2D eigenvalue weighted by atomic mass is 10.1. The van der Waals surface area contributed by atoms with E-state index in [2.05, 4.69) is 11.8 Å². The van der Waals surface area contributed by atoms with Gasteiger partial charge >= 0.3 is 0 Å². The maximum atomic E-state index is 13.8. The fourth-order valence-corrected chi connectivity index (χ4v) is 4.10. The van der Waals surface area contributed by atoms with Gasteiger partial charge in [0.05, 0.1) is 4.90 Å². The predicted octanol–water partition coefficient (Wildman–Crippen LogP) is 0.919. The molecule has 1 heterocycles. The second-order valence-electron chi connectivity index (χ2n) is 5.26. The van der Waals surface area contributed by atoms with Crippen molar-refractivity contribution >= 4 is 10.0 Å². The molecule has 1 saturated heterocycles. The molecular formula is C14H22FN3O2S. The Morgan fingerprint density at radius 1 is 1.24 bits per heavy atom. The Morgan fingerprint density at radius 2 is 1.86 bits per heavy atom. The zero-order chi connectivity index (χ0) is 15.6. The maximum absolute atomic E-state index is 13.8. The van der Waals surface area contributed by atoms with Crippen LogP contribution in [-0.4, -0.2) is 50.3 Å².